The van der Waals surface area contributed by atoms with Gasteiger partial charge in [0, 0.05) is 18.3 Å². The highest BCUT2D eigenvalue weighted by Crippen LogP contribution is 2.27. The van der Waals surface area contributed by atoms with Crippen LogP contribution in [0.3, 0.4) is 0 Å². The number of halogens is 1. The van der Waals surface area contributed by atoms with Crippen LogP contribution >= 0.6 is 12.4 Å². The lowest BCUT2D eigenvalue weighted by Crippen LogP contribution is -2.43. The predicted molar refractivity (Wildman–Crippen MR) is 56.1 cm³/mol. The first-order chi connectivity index (χ1) is 6.62. The Morgan fingerprint density at radius 2 is 2.27 bits per heavy atom. The quantitative estimate of drug-likeness (QED) is 0.748. The van der Waals surface area contributed by atoms with Crippen molar-refractivity contribution < 1.29 is 15.0 Å². The average molecular weight is 230 g/mol. The molecule has 2 N–H and O–H groups in total. The van der Waals surface area contributed by atoms with Crippen molar-refractivity contribution in [2.75, 3.05) is 0 Å². The van der Waals surface area contributed by atoms with Crippen molar-refractivity contribution in [3.63, 3.8) is 0 Å². The van der Waals surface area contributed by atoms with Crippen LogP contribution in [0.1, 0.15) is 17.7 Å². The van der Waals surface area contributed by atoms with E-state index in [1.54, 1.807) is 12.3 Å². The van der Waals surface area contributed by atoms with Gasteiger partial charge in [0.05, 0.1) is 0 Å². The van der Waals surface area contributed by atoms with Gasteiger partial charge in [-0.15, -0.1) is 12.4 Å². The molecule has 0 radical (unpaired) electrons. The van der Waals surface area contributed by atoms with Crippen molar-refractivity contribution in [1.82, 2.24) is 4.98 Å². The van der Waals surface area contributed by atoms with Crippen LogP contribution in [0, 0.1) is 0 Å². The molecule has 1 atom stereocenters. The van der Waals surface area contributed by atoms with Crippen LogP contribution in [0.4, 0.5) is 0 Å². The van der Waals surface area contributed by atoms with Gasteiger partial charge in [0.15, 0.2) is 5.60 Å². The van der Waals surface area contributed by atoms with Gasteiger partial charge in [-0.05, 0) is 24.5 Å². The zero-order valence-electron chi connectivity index (χ0n) is 8.01. The summed E-state index contributed by atoms with van der Waals surface area (Å²) in [5.41, 5.74) is 0.137. The summed E-state index contributed by atoms with van der Waals surface area (Å²) >= 11 is 0. The largest absolute Gasteiger partial charge is 0.479 e. The fraction of sp³-hybridized carbons (Fsp3) is 0.400. The van der Waals surface area contributed by atoms with Gasteiger partial charge in [-0.25, -0.2) is 4.79 Å². The second kappa shape index (κ2) is 4.16. The first kappa shape index (κ1) is 11.9. The summed E-state index contributed by atoms with van der Waals surface area (Å²) in [5, 5.41) is 18.6. The topological polar surface area (TPSA) is 70.4 Å². The molecule has 2 rings (SSSR count). The Balaban J connectivity index is 0.00000112. The van der Waals surface area contributed by atoms with Crippen molar-refractivity contribution in [2.45, 2.75) is 24.9 Å². The maximum absolute atomic E-state index is 10.8. The number of fused-ring (bicyclic) bond motifs is 1. The van der Waals surface area contributed by atoms with Crippen molar-refractivity contribution in [3.8, 4) is 0 Å². The molecular formula is C10H12ClNO3. The molecule has 0 spiro atoms. The number of aliphatic hydroxyl groups is 1. The Morgan fingerprint density at radius 3 is 2.93 bits per heavy atom. The molecule has 1 aliphatic rings. The summed E-state index contributed by atoms with van der Waals surface area (Å²) in [5.74, 6) is -1.15. The molecule has 15 heavy (non-hydrogen) atoms. The zero-order chi connectivity index (χ0) is 10.2. The maximum Gasteiger partial charge on any atom is 0.336 e. The molecule has 1 unspecified atom stereocenters. The molecule has 1 aromatic heterocycles. The van der Waals surface area contributed by atoms with Crippen LogP contribution < -0.4 is 0 Å². The van der Waals surface area contributed by atoms with Gasteiger partial charge in [0.1, 0.15) is 0 Å². The van der Waals surface area contributed by atoms with Gasteiger partial charge in [-0.2, -0.15) is 0 Å². The Kier molecular flexibility index (Phi) is 3.31. The number of carbonyl (C=O) groups is 1. The second-order valence-electron chi connectivity index (χ2n) is 3.62. The van der Waals surface area contributed by atoms with E-state index in [1.165, 1.54) is 0 Å². The molecule has 0 aliphatic heterocycles. The molecule has 0 bridgehead atoms. The van der Waals surface area contributed by atoms with Gasteiger partial charge in [-0.1, -0.05) is 6.07 Å². The number of carboxylic acid groups (broad SMARTS) is 1. The number of nitrogens with zero attached hydrogens (tertiary/aromatic N) is 1. The van der Waals surface area contributed by atoms with Crippen molar-refractivity contribution in [1.29, 1.82) is 0 Å². The standard InChI is InChI=1S/C10H11NO3.ClH/c12-9(13)10(14)4-3-8-7(6-10)2-1-5-11-8;/h1-2,5,14H,3-4,6H2,(H,12,13);1H. The lowest BCUT2D eigenvalue weighted by Gasteiger charge is -2.28. The number of rotatable bonds is 1. The lowest BCUT2D eigenvalue weighted by molar-refractivity contribution is -0.159. The highest BCUT2D eigenvalue weighted by molar-refractivity contribution is 5.85. The molecule has 0 aromatic carbocycles. The monoisotopic (exact) mass is 229 g/mol. The number of carboxylic acids is 1. The SMILES string of the molecule is Cl.O=C(O)C1(O)CCc2ncccc2C1. The average Bonchev–Trinajstić information content (AvgIpc) is 2.17. The van der Waals surface area contributed by atoms with Crippen molar-refractivity contribution >= 4 is 18.4 Å². The summed E-state index contributed by atoms with van der Waals surface area (Å²) in [6.07, 6.45) is 2.61. The third-order valence-electron chi connectivity index (χ3n) is 2.64. The molecule has 1 aliphatic carbocycles. The van der Waals surface area contributed by atoms with Gasteiger partial charge in [0.25, 0.3) is 0 Å². The number of aromatic nitrogens is 1. The number of pyridine rings is 1. The summed E-state index contributed by atoms with van der Waals surface area (Å²) in [7, 11) is 0. The minimum atomic E-state index is -1.60. The smallest absolute Gasteiger partial charge is 0.336 e. The molecule has 0 saturated carbocycles. The van der Waals surface area contributed by atoms with Gasteiger partial charge in [-0.3, -0.25) is 4.98 Å². The predicted octanol–water partition coefficient (Wildman–Crippen LogP) is 0.808. The maximum atomic E-state index is 10.8. The third kappa shape index (κ3) is 2.11. The van der Waals surface area contributed by atoms with Gasteiger partial charge in [0.2, 0.25) is 0 Å². The number of hydrogen-bond donors (Lipinski definition) is 2. The summed E-state index contributed by atoms with van der Waals surface area (Å²) < 4.78 is 0. The Morgan fingerprint density at radius 1 is 1.53 bits per heavy atom. The fourth-order valence-electron chi connectivity index (χ4n) is 1.77. The highest BCUT2D eigenvalue weighted by Gasteiger charge is 2.39. The molecule has 5 heteroatoms. The van der Waals surface area contributed by atoms with Gasteiger partial charge < -0.3 is 10.2 Å². The van der Waals surface area contributed by atoms with Crippen LogP contribution in [-0.4, -0.2) is 26.8 Å². The minimum absolute atomic E-state index is 0. The molecule has 0 fully saturated rings. The van der Waals surface area contributed by atoms with E-state index in [-0.39, 0.29) is 25.2 Å². The van der Waals surface area contributed by atoms with E-state index >= 15 is 0 Å². The molecule has 4 nitrogen and oxygen atoms in total. The van der Waals surface area contributed by atoms with E-state index in [0.717, 1.165) is 11.3 Å². The lowest BCUT2D eigenvalue weighted by atomic mass is 9.83. The Bertz CT molecular complexity index is 383. The zero-order valence-corrected chi connectivity index (χ0v) is 8.83. The number of aliphatic carboxylic acids is 1. The normalized spacial score (nSPS) is 23.8. The molecule has 0 amide bonds. The van der Waals surface area contributed by atoms with E-state index in [4.69, 9.17) is 5.11 Å². The first-order valence-electron chi connectivity index (χ1n) is 4.50. The molecular weight excluding hydrogens is 218 g/mol. The minimum Gasteiger partial charge on any atom is -0.479 e. The molecule has 82 valence electrons. The van der Waals surface area contributed by atoms with Crippen molar-refractivity contribution in [3.05, 3.63) is 29.6 Å². The van der Waals surface area contributed by atoms with Crippen LogP contribution in [0.5, 0.6) is 0 Å². The first-order valence-corrected chi connectivity index (χ1v) is 4.50. The van der Waals surface area contributed by atoms with Crippen LogP contribution in [0.15, 0.2) is 18.3 Å². The van der Waals surface area contributed by atoms with E-state index in [0.29, 0.717) is 6.42 Å². The van der Waals surface area contributed by atoms with Crippen LogP contribution in [0.2, 0.25) is 0 Å². The van der Waals surface area contributed by atoms with E-state index in [9.17, 15) is 9.90 Å². The van der Waals surface area contributed by atoms with E-state index in [1.807, 2.05) is 6.07 Å². The molecule has 0 saturated heterocycles. The van der Waals surface area contributed by atoms with E-state index < -0.39 is 11.6 Å². The second-order valence-corrected chi connectivity index (χ2v) is 3.62. The summed E-state index contributed by atoms with van der Waals surface area (Å²) in [6, 6.07) is 3.57. The van der Waals surface area contributed by atoms with Crippen LogP contribution in [-0.2, 0) is 17.6 Å². The van der Waals surface area contributed by atoms with Crippen LogP contribution in [0.25, 0.3) is 0 Å². The highest BCUT2D eigenvalue weighted by atomic mass is 35.5. The molecule has 1 aromatic rings. The third-order valence-corrected chi connectivity index (χ3v) is 2.64. The van der Waals surface area contributed by atoms with E-state index in [2.05, 4.69) is 4.98 Å². The van der Waals surface area contributed by atoms with Gasteiger partial charge >= 0.3 is 5.97 Å². The summed E-state index contributed by atoms with van der Waals surface area (Å²) in [4.78, 5) is 15.0. The fourth-order valence-corrected chi connectivity index (χ4v) is 1.77. The Labute approximate surface area is 93.4 Å². The van der Waals surface area contributed by atoms with Crippen molar-refractivity contribution in [2.24, 2.45) is 0 Å². The molecule has 1 heterocycles. The number of aryl methyl sites for hydroxylation is 1. The number of hydrogen-bond acceptors (Lipinski definition) is 3. The summed E-state index contributed by atoms with van der Waals surface area (Å²) in [6.45, 7) is 0. The Hall–Kier alpha value is -1.13.